The fourth-order valence-corrected chi connectivity index (χ4v) is 6.42. The van der Waals surface area contributed by atoms with Crippen molar-refractivity contribution in [2.45, 2.75) is 23.8 Å². The molecule has 3 aliphatic rings. The van der Waals surface area contributed by atoms with Gasteiger partial charge in [0.25, 0.3) is 0 Å². The third kappa shape index (κ3) is 3.48. The second-order valence-corrected chi connectivity index (χ2v) is 11.1. The molecule has 166 valence electrons. The largest absolute Gasteiger partial charge is 0.276 e. The third-order valence-corrected chi connectivity index (χ3v) is 9.07. The van der Waals surface area contributed by atoms with E-state index in [2.05, 4.69) is 0 Å². The molecular formula is C23H20Cl2N2O4S. The zero-order chi connectivity index (χ0) is 22.6. The number of halogens is 2. The van der Waals surface area contributed by atoms with Crippen LogP contribution >= 0.6 is 23.2 Å². The fraction of sp³-hybridized carbons (Fsp3) is 0.304. The number of rotatable bonds is 4. The molecular weight excluding hydrogens is 471 g/mol. The number of amides is 2. The molecule has 9 heteroatoms. The maximum absolute atomic E-state index is 13.0. The summed E-state index contributed by atoms with van der Waals surface area (Å²) in [5.41, 5.74) is 1.64. The van der Waals surface area contributed by atoms with Gasteiger partial charge in [-0.25, -0.2) is 8.42 Å². The first-order valence-electron chi connectivity index (χ1n) is 10.3. The van der Waals surface area contributed by atoms with Crippen LogP contribution in [0.25, 0.3) is 11.1 Å². The number of imide groups is 1. The number of nitrogens with zero attached hydrogens (tertiary/aromatic N) is 2. The molecule has 2 saturated heterocycles. The maximum Gasteiger partial charge on any atom is 0.243 e. The van der Waals surface area contributed by atoms with E-state index >= 15 is 0 Å². The predicted octanol–water partition coefficient (Wildman–Crippen LogP) is 3.98. The van der Waals surface area contributed by atoms with Gasteiger partial charge in [0.15, 0.2) is 0 Å². The number of allylic oxidation sites excluding steroid dienone is 2. The van der Waals surface area contributed by atoms with E-state index in [4.69, 9.17) is 23.2 Å². The van der Waals surface area contributed by atoms with Crippen LogP contribution in [0, 0.1) is 11.8 Å². The molecule has 2 aromatic carbocycles. The van der Waals surface area contributed by atoms with Crippen LogP contribution in [0.15, 0.2) is 59.5 Å². The highest BCUT2D eigenvalue weighted by atomic mass is 35.5. The van der Waals surface area contributed by atoms with Gasteiger partial charge < -0.3 is 0 Å². The van der Waals surface area contributed by atoms with Gasteiger partial charge in [0, 0.05) is 13.1 Å². The molecule has 32 heavy (non-hydrogen) atoms. The lowest BCUT2D eigenvalue weighted by atomic mass is 9.85. The van der Waals surface area contributed by atoms with E-state index < -0.39 is 16.1 Å². The lowest BCUT2D eigenvalue weighted by Crippen LogP contribution is -2.62. The van der Waals surface area contributed by atoms with E-state index in [1.807, 2.05) is 18.2 Å². The Kier molecular flexibility index (Phi) is 5.40. The maximum atomic E-state index is 13.0. The molecule has 2 unspecified atom stereocenters. The Morgan fingerprint density at radius 2 is 1.34 bits per heavy atom. The second-order valence-electron chi connectivity index (χ2n) is 8.33. The lowest BCUT2D eigenvalue weighted by molar-refractivity contribution is -0.145. The van der Waals surface area contributed by atoms with E-state index in [0.29, 0.717) is 22.9 Å². The standard InChI is InChI=1S/C23H20Cl2N2O4S/c24-20-10-7-15(11-21(20)25)14-5-8-17(9-6-14)32(30,31)26-12-16(13-26)27-22(28)18-3-1-2-4-19(18)23(27)29/h1-2,5-11,16,18-19H,3-4,12-13H2. The second kappa shape index (κ2) is 7.99. The van der Waals surface area contributed by atoms with E-state index in [-0.39, 0.29) is 41.6 Å². The minimum Gasteiger partial charge on any atom is -0.276 e. The number of fused-ring (bicyclic) bond motifs is 1. The minimum atomic E-state index is -3.71. The quantitative estimate of drug-likeness (QED) is 0.479. The summed E-state index contributed by atoms with van der Waals surface area (Å²) >= 11 is 12.0. The van der Waals surface area contributed by atoms with Crippen molar-refractivity contribution in [3.8, 4) is 11.1 Å². The zero-order valence-corrected chi connectivity index (χ0v) is 19.3. The topological polar surface area (TPSA) is 74.8 Å². The molecule has 2 amide bonds. The van der Waals surface area contributed by atoms with Crippen molar-refractivity contribution in [3.63, 3.8) is 0 Å². The average molecular weight is 491 g/mol. The van der Waals surface area contributed by atoms with Crippen molar-refractivity contribution in [3.05, 3.63) is 64.7 Å². The Balaban J connectivity index is 1.29. The van der Waals surface area contributed by atoms with Crippen LogP contribution in [0.3, 0.4) is 0 Å². The van der Waals surface area contributed by atoms with Crippen LogP contribution in [-0.2, 0) is 19.6 Å². The van der Waals surface area contributed by atoms with Gasteiger partial charge in [-0.1, -0.05) is 53.6 Å². The Morgan fingerprint density at radius 3 is 1.91 bits per heavy atom. The first-order valence-corrected chi connectivity index (χ1v) is 12.5. The summed E-state index contributed by atoms with van der Waals surface area (Å²) in [4.78, 5) is 26.9. The Labute approximate surface area is 196 Å². The van der Waals surface area contributed by atoms with Gasteiger partial charge in [-0.15, -0.1) is 0 Å². The van der Waals surface area contributed by atoms with Crippen molar-refractivity contribution in [1.29, 1.82) is 0 Å². The summed E-state index contributed by atoms with van der Waals surface area (Å²) in [7, 11) is -3.71. The molecule has 2 heterocycles. The van der Waals surface area contributed by atoms with E-state index in [0.717, 1.165) is 11.1 Å². The van der Waals surface area contributed by atoms with Gasteiger partial charge in [0.1, 0.15) is 0 Å². The highest BCUT2D eigenvalue weighted by Crippen LogP contribution is 2.38. The molecule has 0 N–H and O–H groups in total. The summed E-state index contributed by atoms with van der Waals surface area (Å²) < 4.78 is 27.4. The Hall–Kier alpha value is -2.19. The SMILES string of the molecule is O=C1C2CC=CCC2C(=O)N1C1CN(S(=O)(=O)c2ccc(-c3ccc(Cl)c(Cl)c3)cc2)C1. The Morgan fingerprint density at radius 1 is 0.781 bits per heavy atom. The van der Waals surface area contributed by atoms with Crippen LogP contribution in [0.5, 0.6) is 0 Å². The summed E-state index contributed by atoms with van der Waals surface area (Å²) in [6.07, 6.45) is 5.03. The van der Waals surface area contributed by atoms with Gasteiger partial charge in [-0.05, 0) is 48.2 Å². The fourth-order valence-electron chi connectivity index (χ4n) is 4.61. The van der Waals surface area contributed by atoms with Gasteiger partial charge in [-0.2, -0.15) is 4.31 Å². The molecule has 5 rings (SSSR count). The summed E-state index contributed by atoms with van der Waals surface area (Å²) in [5, 5.41) is 0.876. The van der Waals surface area contributed by atoms with Gasteiger partial charge in [0.2, 0.25) is 21.8 Å². The van der Waals surface area contributed by atoms with Crippen LogP contribution in [0.4, 0.5) is 0 Å². The van der Waals surface area contributed by atoms with Crippen molar-refractivity contribution in [1.82, 2.24) is 9.21 Å². The third-order valence-electron chi connectivity index (χ3n) is 6.48. The summed E-state index contributed by atoms with van der Waals surface area (Å²) in [5.74, 6) is -0.936. The van der Waals surface area contributed by atoms with Crippen molar-refractivity contribution in [2.75, 3.05) is 13.1 Å². The monoisotopic (exact) mass is 490 g/mol. The molecule has 1 aliphatic carbocycles. The molecule has 0 radical (unpaired) electrons. The average Bonchev–Trinajstić information content (AvgIpc) is 3.00. The molecule has 0 saturated carbocycles. The summed E-state index contributed by atoms with van der Waals surface area (Å²) in [6, 6.07) is 11.4. The molecule has 2 aliphatic heterocycles. The van der Waals surface area contributed by atoms with Crippen LogP contribution in [-0.4, -0.2) is 48.6 Å². The molecule has 0 aromatic heterocycles. The number of carbonyl (C=O) groups excluding carboxylic acids is 2. The van der Waals surface area contributed by atoms with Crippen molar-refractivity contribution >= 4 is 45.0 Å². The molecule has 0 bridgehead atoms. The van der Waals surface area contributed by atoms with Gasteiger partial charge >= 0.3 is 0 Å². The number of hydrogen-bond acceptors (Lipinski definition) is 4. The molecule has 0 spiro atoms. The number of carbonyl (C=O) groups is 2. The normalized spacial score (nSPS) is 24.0. The van der Waals surface area contributed by atoms with E-state index in [1.165, 1.54) is 9.21 Å². The molecule has 6 nitrogen and oxygen atoms in total. The lowest BCUT2D eigenvalue weighted by Gasteiger charge is -2.42. The van der Waals surface area contributed by atoms with Crippen molar-refractivity contribution in [2.24, 2.45) is 11.8 Å². The molecule has 2 fully saturated rings. The number of likely N-dealkylation sites (tertiary alicyclic amines) is 1. The van der Waals surface area contributed by atoms with E-state index in [9.17, 15) is 18.0 Å². The van der Waals surface area contributed by atoms with Gasteiger partial charge in [0.05, 0.1) is 32.8 Å². The number of hydrogen-bond donors (Lipinski definition) is 0. The molecule has 2 aromatic rings. The van der Waals surface area contributed by atoms with Crippen molar-refractivity contribution < 1.29 is 18.0 Å². The Bertz CT molecular complexity index is 1210. The first kappa shape index (κ1) is 21.6. The number of sulfonamides is 1. The smallest absolute Gasteiger partial charge is 0.243 e. The molecule has 2 atom stereocenters. The van der Waals surface area contributed by atoms with Crippen LogP contribution in [0.1, 0.15) is 12.8 Å². The minimum absolute atomic E-state index is 0.126. The first-order chi connectivity index (χ1) is 15.3. The zero-order valence-electron chi connectivity index (χ0n) is 16.9. The highest BCUT2D eigenvalue weighted by Gasteiger charge is 2.53. The summed E-state index contributed by atoms with van der Waals surface area (Å²) in [6.45, 7) is 0.252. The van der Waals surface area contributed by atoms with E-state index in [1.54, 1.807) is 36.4 Å². The van der Waals surface area contributed by atoms with Crippen LogP contribution in [0.2, 0.25) is 10.0 Å². The highest BCUT2D eigenvalue weighted by molar-refractivity contribution is 7.89. The van der Waals surface area contributed by atoms with Gasteiger partial charge in [-0.3, -0.25) is 14.5 Å². The number of benzene rings is 2. The van der Waals surface area contributed by atoms with Crippen LogP contribution < -0.4 is 0 Å². The predicted molar refractivity (Wildman–Crippen MR) is 122 cm³/mol.